The largest absolute Gasteiger partial charge is 0.491 e. The summed E-state index contributed by atoms with van der Waals surface area (Å²) in [5.74, 6) is -4.46. The van der Waals surface area contributed by atoms with E-state index in [1.165, 1.54) is 69.1 Å². The van der Waals surface area contributed by atoms with Gasteiger partial charge in [0.1, 0.15) is 28.8 Å². The second-order valence-corrected chi connectivity index (χ2v) is 12.8. The van der Waals surface area contributed by atoms with Crippen molar-refractivity contribution in [2.45, 2.75) is 90.1 Å². The van der Waals surface area contributed by atoms with Crippen molar-refractivity contribution in [2.24, 2.45) is 5.92 Å². The Morgan fingerprint density at radius 2 is 1.29 bits per heavy atom. The van der Waals surface area contributed by atoms with Crippen molar-refractivity contribution in [3.05, 3.63) is 107 Å². The van der Waals surface area contributed by atoms with Gasteiger partial charge in [0.2, 0.25) is 0 Å². The molecule has 0 heterocycles. The van der Waals surface area contributed by atoms with Gasteiger partial charge in [-0.3, -0.25) is 0 Å². The van der Waals surface area contributed by atoms with Gasteiger partial charge in [0.25, 0.3) is 0 Å². The van der Waals surface area contributed by atoms with E-state index in [0.717, 1.165) is 30.0 Å². The molecule has 1 fully saturated rings. The Labute approximate surface area is 279 Å². The lowest BCUT2D eigenvalue weighted by molar-refractivity contribution is -0.189. The zero-order valence-electron chi connectivity index (χ0n) is 27.4. The Kier molecular flexibility index (Phi) is 11.8. The Morgan fingerprint density at radius 1 is 0.646 bits per heavy atom. The second-order valence-electron chi connectivity index (χ2n) is 12.8. The van der Waals surface area contributed by atoms with Crippen molar-refractivity contribution >= 4 is 0 Å². The van der Waals surface area contributed by atoms with Crippen molar-refractivity contribution < 1.29 is 35.8 Å². The SMILES string of the molecule is CCCCCC1CCC(c2ccc(-c3ccc(-c4cc(F)c(C(F)(F)Oc5ccc(OCCCC)c(F)c5)c(F)c4)c(F)c3)cc2)CC1. The van der Waals surface area contributed by atoms with Crippen LogP contribution in [0.3, 0.4) is 0 Å². The minimum Gasteiger partial charge on any atom is -0.491 e. The Bertz CT molecular complexity index is 1640. The van der Waals surface area contributed by atoms with Gasteiger partial charge in [-0.25, -0.2) is 17.6 Å². The van der Waals surface area contributed by atoms with Crippen LogP contribution in [-0.4, -0.2) is 6.61 Å². The fourth-order valence-corrected chi connectivity index (χ4v) is 6.54. The molecule has 5 rings (SSSR count). The topological polar surface area (TPSA) is 18.5 Å². The molecule has 0 atom stereocenters. The van der Waals surface area contributed by atoms with Crippen molar-refractivity contribution in [1.29, 1.82) is 0 Å². The molecule has 0 amide bonds. The normalized spacial score (nSPS) is 16.6. The molecule has 1 aliphatic carbocycles. The number of rotatable bonds is 14. The molecular weight excluding hydrogens is 626 g/mol. The summed E-state index contributed by atoms with van der Waals surface area (Å²) >= 11 is 0. The highest BCUT2D eigenvalue weighted by atomic mass is 19.3. The van der Waals surface area contributed by atoms with Crippen LogP contribution in [-0.2, 0) is 6.11 Å². The number of ether oxygens (including phenoxy) is 2. The summed E-state index contributed by atoms with van der Waals surface area (Å²) in [5.41, 5.74) is 0.562. The summed E-state index contributed by atoms with van der Waals surface area (Å²) in [6.07, 6.45) is 7.00. The summed E-state index contributed by atoms with van der Waals surface area (Å²) < 4.78 is 99.5. The van der Waals surface area contributed by atoms with E-state index >= 15 is 13.2 Å². The molecule has 48 heavy (non-hydrogen) atoms. The maximum atomic E-state index is 15.3. The molecule has 1 aliphatic rings. The molecule has 0 bridgehead atoms. The van der Waals surface area contributed by atoms with E-state index in [2.05, 4.69) is 23.8 Å². The van der Waals surface area contributed by atoms with Gasteiger partial charge in [0, 0.05) is 11.6 Å². The van der Waals surface area contributed by atoms with E-state index in [0.29, 0.717) is 36.1 Å². The third kappa shape index (κ3) is 8.55. The standard InChI is InChI=1S/C40H42F6O2/c1-3-5-7-8-26-9-11-27(12-10-26)28-13-15-29(16-14-28)30-17-19-33(34(41)22-30)31-23-36(43)39(37(44)24-31)40(45,46)48-32-18-20-38(35(42)25-32)47-21-6-4-2/h13-20,22-27H,3-12,21H2,1-2H3. The van der Waals surface area contributed by atoms with E-state index in [4.69, 9.17) is 4.74 Å². The molecule has 0 radical (unpaired) electrons. The summed E-state index contributed by atoms with van der Waals surface area (Å²) in [5, 5.41) is 0. The summed E-state index contributed by atoms with van der Waals surface area (Å²) in [4.78, 5) is 0. The first-order valence-corrected chi connectivity index (χ1v) is 17.0. The van der Waals surface area contributed by atoms with Crippen molar-refractivity contribution in [3.63, 3.8) is 0 Å². The van der Waals surface area contributed by atoms with E-state index in [-0.39, 0.29) is 23.5 Å². The summed E-state index contributed by atoms with van der Waals surface area (Å²) in [6.45, 7) is 4.39. The van der Waals surface area contributed by atoms with Gasteiger partial charge < -0.3 is 9.47 Å². The van der Waals surface area contributed by atoms with Gasteiger partial charge in [-0.2, -0.15) is 8.78 Å². The second kappa shape index (κ2) is 16.0. The lowest BCUT2D eigenvalue weighted by atomic mass is 9.77. The Hall–Kier alpha value is -3.94. The molecule has 2 nitrogen and oxygen atoms in total. The van der Waals surface area contributed by atoms with Crippen LogP contribution in [0.2, 0.25) is 0 Å². The van der Waals surface area contributed by atoms with Crippen molar-refractivity contribution in [1.82, 2.24) is 0 Å². The maximum absolute atomic E-state index is 15.3. The maximum Gasteiger partial charge on any atom is 0.432 e. The first-order chi connectivity index (χ1) is 23.1. The van der Waals surface area contributed by atoms with E-state index in [1.807, 2.05) is 19.1 Å². The van der Waals surface area contributed by atoms with Gasteiger partial charge in [0.15, 0.2) is 11.6 Å². The number of benzene rings is 4. The number of hydrogen-bond acceptors (Lipinski definition) is 2. The molecule has 0 saturated heterocycles. The van der Waals surface area contributed by atoms with Crippen molar-refractivity contribution in [3.8, 4) is 33.8 Å². The smallest absolute Gasteiger partial charge is 0.432 e. The monoisotopic (exact) mass is 668 g/mol. The number of halogens is 6. The van der Waals surface area contributed by atoms with Crippen LogP contribution in [0.15, 0.2) is 72.8 Å². The quantitative estimate of drug-likeness (QED) is 0.0983. The van der Waals surface area contributed by atoms with Crippen LogP contribution in [0.4, 0.5) is 26.3 Å². The average Bonchev–Trinajstić information content (AvgIpc) is 3.05. The van der Waals surface area contributed by atoms with Crippen LogP contribution < -0.4 is 9.47 Å². The van der Waals surface area contributed by atoms with Gasteiger partial charge in [-0.1, -0.05) is 82.3 Å². The van der Waals surface area contributed by atoms with Crippen LogP contribution in [0.1, 0.15) is 95.1 Å². The first-order valence-electron chi connectivity index (χ1n) is 17.0. The molecule has 0 aliphatic heterocycles. The van der Waals surface area contributed by atoms with E-state index in [1.54, 1.807) is 6.07 Å². The molecule has 0 spiro atoms. The third-order valence-corrected chi connectivity index (χ3v) is 9.30. The average molecular weight is 669 g/mol. The fraction of sp³-hybridized carbons (Fsp3) is 0.400. The molecule has 8 heteroatoms. The van der Waals surface area contributed by atoms with Crippen molar-refractivity contribution in [2.75, 3.05) is 6.61 Å². The zero-order chi connectivity index (χ0) is 34.3. The zero-order valence-corrected chi connectivity index (χ0v) is 27.4. The van der Waals surface area contributed by atoms with Crippen LogP contribution in [0, 0.1) is 29.2 Å². The lowest BCUT2D eigenvalue weighted by Gasteiger charge is -2.29. The minimum atomic E-state index is -4.49. The summed E-state index contributed by atoms with van der Waals surface area (Å²) in [7, 11) is 0. The third-order valence-electron chi connectivity index (χ3n) is 9.30. The molecular formula is C40H42F6O2. The lowest BCUT2D eigenvalue weighted by Crippen LogP contribution is -2.25. The van der Waals surface area contributed by atoms with Crippen LogP contribution in [0.5, 0.6) is 11.5 Å². The minimum absolute atomic E-state index is 0.152. The van der Waals surface area contributed by atoms with Gasteiger partial charge in [-0.15, -0.1) is 0 Å². The highest BCUT2D eigenvalue weighted by Gasteiger charge is 2.41. The van der Waals surface area contributed by atoms with Crippen LogP contribution >= 0.6 is 0 Å². The van der Waals surface area contributed by atoms with E-state index in [9.17, 15) is 13.2 Å². The molecule has 4 aromatic carbocycles. The molecule has 0 unspecified atom stereocenters. The molecule has 4 aromatic rings. The molecule has 0 N–H and O–H groups in total. The van der Waals surface area contributed by atoms with Crippen LogP contribution in [0.25, 0.3) is 22.3 Å². The number of alkyl halides is 2. The van der Waals surface area contributed by atoms with E-state index < -0.39 is 40.7 Å². The Balaban J connectivity index is 1.26. The van der Waals surface area contributed by atoms with Gasteiger partial charge in [-0.05, 0) is 96.5 Å². The number of hydrogen-bond donors (Lipinski definition) is 0. The molecule has 1 saturated carbocycles. The van der Waals surface area contributed by atoms with Gasteiger partial charge in [0.05, 0.1) is 6.61 Å². The highest BCUT2D eigenvalue weighted by molar-refractivity contribution is 5.71. The van der Waals surface area contributed by atoms with Gasteiger partial charge >= 0.3 is 6.11 Å². The Morgan fingerprint density at radius 3 is 1.92 bits per heavy atom. The molecule has 0 aromatic heterocycles. The summed E-state index contributed by atoms with van der Waals surface area (Å²) in [6, 6.07) is 16.4. The molecule has 256 valence electrons. The fourth-order valence-electron chi connectivity index (χ4n) is 6.54. The predicted molar refractivity (Wildman–Crippen MR) is 177 cm³/mol. The highest BCUT2D eigenvalue weighted by Crippen LogP contribution is 2.40. The number of unbranched alkanes of at least 4 members (excludes halogenated alkanes) is 3. The predicted octanol–water partition coefficient (Wildman–Crippen LogP) is 12.7. The first kappa shape index (κ1) is 35.4.